The Bertz CT molecular complexity index is 478. The molecule has 5 nitrogen and oxygen atoms in total. The van der Waals surface area contributed by atoms with Crippen LogP contribution in [-0.4, -0.2) is 26.4 Å². The molecule has 14 heavy (non-hydrogen) atoms. The molecule has 0 aliphatic carbocycles. The van der Waals surface area contributed by atoms with Gasteiger partial charge in [-0.05, 0) is 17.7 Å². The van der Waals surface area contributed by atoms with Gasteiger partial charge in [-0.25, -0.2) is 4.79 Å². The number of aromatic nitrogens is 2. The molecule has 5 heteroatoms. The zero-order valence-electron chi connectivity index (χ0n) is 7.14. The van der Waals surface area contributed by atoms with Crippen molar-refractivity contribution in [1.82, 2.24) is 10.2 Å². The highest BCUT2D eigenvalue weighted by molar-refractivity contribution is 5.81. The smallest absolute Gasteiger partial charge is 0.337 e. The Morgan fingerprint density at radius 1 is 1.50 bits per heavy atom. The van der Waals surface area contributed by atoms with E-state index in [2.05, 4.69) is 10.2 Å². The van der Waals surface area contributed by atoms with Crippen molar-refractivity contribution in [1.29, 1.82) is 0 Å². The van der Waals surface area contributed by atoms with E-state index in [0.29, 0.717) is 5.56 Å². The van der Waals surface area contributed by atoms with E-state index in [1.165, 1.54) is 0 Å². The van der Waals surface area contributed by atoms with E-state index in [0.717, 1.165) is 10.9 Å². The molecule has 1 atom stereocenters. The number of aliphatic hydroxyl groups is 1. The second-order valence-corrected chi connectivity index (χ2v) is 2.96. The lowest BCUT2D eigenvalue weighted by molar-refractivity contribution is -0.146. The fourth-order valence-corrected chi connectivity index (χ4v) is 1.27. The van der Waals surface area contributed by atoms with E-state index in [-0.39, 0.29) is 0 Å². The molecule has 2 aromatic rings. The number of hydrogen-bond donors (Lipinski definition) is 3. The number of benzene rings is 1. The molecule has 0 saturated heterocycles. The Hall–Kier alpha value is -1.88. The number of fused-ring (bicyclic) bond motifs is 1. The van der Waals surface area contributed by atoms with Gasteiger partial charge < -0.3 is 10.2 Å². The molecule has 0 aliphatic rings. The number of carboxylic acids is 1. The maximum absolute atomic E-state index is 10.5. The largest absolute Gasteiger partial charge is 0.479 e. The van der Waals surface area contributed by atoms with Crippen molar-refractivity contribution in [3.63, 3.8) is 0 Å². The van der Waals surface area contributed by atoms with Crippen molar-refractivity contribution in [3.05, 3.63) is 30.0 Å². The molecule has 1 heterocycles. The molecule has 1 unspecified atom stereocenters. The average Bonchev–Trinajstić information content (AvgIpc) is 2.62. The predicted molar refractivity (Wildman–Crippen MR) is 48.7 cm³/mol. The molecule has 3 N–H and O–H groups in total. The number of aliphatic hydroxyl groups excluding tert-OH is 1. The fourth-order valence-electron chi connectivity index (χ4n) is 1.27. The van der Waals surface area contributed by atoms with Gasteiger partial charge in [-0.2, -0.15) is 5.10 Å². The van der Waals surface area contributed by atoms with Gasteiger partial charge in [-0.15, -0.1) is 0 Å². The summed E-state index contributed by atoms with van der Waals surface area (Å²) in [5.74, 6) is -1.26. The van der Waals surface area contributed by atoms with Crippen LogP contribution in [0.1, 0.15) is 11.7 Å². The number of aliphatic carboxylic acids is 1. The summed E-state index contributed by atoms with van der Waals surface area (Å²) in [5, 5.41) is 25.2. The van der Waals surface area contributed by atoms with Gasteiger partial charge in [0.2, 0.25) is 0 Å². The molecule has 0 spiro atoms. The third-order valence-corrected chi connectivity index (χ3v) is 2.01. The normalized spacial score (nSPS) is 12.9. The van der Waals surface area contributed by atoms with Crippen LogP contribution in [0, 0.1) is 0 Å². The number of nitrogens with one attached hydrogen (secondary N) is 1. The Kier molecular flexibility index (Phi) is 1.94. The summed E-state index contributed by atoms with van der Waals surface area (Å²) in [5.41, 5.74) is 1.16. The van der Waals surface area contributed by atoms with E-state index >= 15 is 0 Å². The lowest BCUT2D eigenvalue weighted by Crippen LogP contribution is -2.09. The van der Waals surface area contributed by atoms with E-state index in [1.807, 2.05) is 0 Å². The molecular formula is C9H8N2O3. The molecule has 2 rings (SSSR count). The molecule has 0 bridgehead atoms. The van der Waals surface area contributed by atoms with Gasteiger partial charge in [0.05, 0.1) is 11.7 Å². The van der Waals surface area contributed by atoms with Gasteiger partial charge >= 0.3 is 5.97 Å². The number of aromatic amines is 1. The Balaban J connectivity index is 2.48. The Morgan fingerprint density at radius 3 is 3.00 bits per heavy atom. The average molecular weight is 192 g/mol. The van der Waals surface area contributed by atoms with Gasteiger partial charge in [0.1, 0.15) is 0 Å². The second kappa shape index (κ2) is 3.12. The molecule has 1 aromatic heterocycles. The van der Waals surface area contributed by atoms with Gasteiger partial charge in [-0.3, -0.25) is 5.10 Å². The van der Waals surface area contributed by atoms with Crippen molar-refractivity contribution < 1.29 is 15.0 Å². The first-order valence-electron chi connectivity index (χ1n) is 4.02. The quantitative estimate of drug-likeness (QED) is 0.653. The first-order chi connectivity index (χ1) is 6.68. The summed E-state index contributed by atoms with van der Waals surface area (Å²) in [4.78, 5) is 10.5. The number of rotatable bonds is 2. The van der Waals surface area contributed by atoms with Crippen LogP contribution in [0.2, 0.25) is 0 Å². The van der Waals surface area contributed by atoms with Crippen LogP contribution in [0.25, 0.3) is 10.9 Å². The third-order valence-electron chi connectivity index (χ3n) is 2.01. The highest BCUT2D eigenvalue weighted by atomic mass is 16.4. The summed E-state index contributed by atoms with van der Waals surface area (Å²) in [7, 11) is 0. The maximum atomic E-state index is 10.5. The molecule has 0 amide bonds. The standard InChI is InChI=1S/C9H8N2O3/c12-8(9(13)14)5-1-2-7-6(3-5)4-10-11-7/h1-4,8,12H,(H,10,11)(H,13,14). The molecule has 72 valence electrons. The molecule has 0 radical (unpaired) electrons. The maximum Gasteiger partial charge on any atom is 0.337 e. The highest BCUT2D eigenvalue weighted by Gasteiger charge is 2.15. The van der Waals surface area contributed by atoms with Crippen LogP contribution < -0.4 is 0 Å². The summed E-state index contributed by atoms with van der Waals surface area (Å²) in [6.07, 6.45) is 0.0993. The minimum atomic E-state index is -1.48. The molecule has 0 saturated carbocycles. The fraction of sp³-hybridized carbons (Fsp3) is 0.111. The minimum Gasteiger partial charge on any atom is -0.479 e. The zero-order chi connectivity index (χ0) is 10.1. The number of carbonyl (C=O) groups is 1. The van der Waals surface area contributed by atoms with Crippen molar-refractivity contribution >= 4 is 16.9 Å². The Labute approximate surface area is 79.0 Å². The van der Waals surface area contributed by atoms with Crippen molar-refractivity contribution in [2.75, 3.05) is 0 Å². The number of H-pyrrole nitrogens is 1. The van der Waals surface area contributed by atoms with Crippen LogP contribution in [0.15, 0.2) is 24.4 Å². The molecular weight excluding hydrogens is 184 g/mol. The van der Waals surface area contributed by atoms with E-state index < -0.39 is 12.1 Å². The minimum absolute atomic E-state index is 0.353. The number of nitrogens with zero attached hydrogens (tertiary/aromatic N) is 1. The van der Waals surface area contributed by atoms with Crippen LogP contribution in [-0.2, 0) is 4.79 Å². The van der Waals surface area contributed by atoms with Crippen LogP contribution in [0.4, 0.5) is 0 Å². The van der Waals surface area contributed by atoms with Crippen LogP contribution >= 0.6 is 0 Å². The lowest BCUT2D eigenvalue weighted by Gasteiger charge is -2.04. The molecule has 0 fully saturated rings. The second-order valence-electron chi connectivity index (χ2n) is 2.96. The number of carboxylic acid groups (broad SMARTS) is 1. The van der Waals surface area contributed by atoms with E-state index in [9.17, 15) is 9.90 Å². The highest BCUT2D eigenvalue weighted by Crippen LogP contribution is 2.18. The molecule has 1 aromatic carbocycles. The first kappa shape index (κ1) is 8.71. The lowest BCUT2D eigenvalue weighted by atomic mass is 10.1. The van der Waals surface area contributed by atoms with Crippen molar-refractivity contribution in [2.45, 2.75) is 6.10 Å². The van der Waals surface area contributed by atoms with Gasteiger partial charge in [0.15, 0.2) is 6.10 Å². The van der Waals surface area contributed by atoms with E-state index in [1.54, 1.807) is 24.4 Å². The monoisotopic (exact) mass is 192 g/mol. The van der Waals surface area contributed by atoms with Gasteiger partial charge in [0.25, 0.3) is 0 Å². The van der Waals surface area contributed by atoms with E-state index in [4.69, 9.17) is 5.11 Å². The van der Waals surface area contributed by atoms with Gasteiger partial charge in [-0.1, -0.05) is 6.07 Å². The van der Waals surface area contributed by atoms with Crippen LogP contribution in [0.3, 0.4) is 0 Å². The molecule has 0 aliphatic heterocycles. The summed E-state index contributed by atoms with van der Waals surface area (Å²) >= 11 is 0. The van der Waals surface area contributed by atoms with Gasteiger partial charge in [0, 0.05) is 5.39 Å². The Morgan fingerprint density at radius 2 is 2.29 bits per heavy atom. The zero-order valence-corrected chi connectivity index (χ0v) is 7.14. The SMILES string of the molecule is O=C(O)C(O)c1ccc2[nH]ncc2c1. The van der Waals surface area contributed by atoms with Crippen LogP contribution in [0.5, 0.6) is 0 Å². The summed E-state index contributed by atoms with van der Waals surface area (Å²) in [6.45, 7) is 0. The summed E-state index contributed by atoms with van der Waals surface area (Å²) < 4.78 is 0. The van der Waals surface area contributed by atoms with Crippen molar-refractivity contribution in [2.24, 2.45) is 0 Å². The first-order valence-corrected chi connectivity index (χ1v) is 4.02. The summed E-state index contributed by atoms with van der Waals surface area (Å²) in [6, 6.07) is 4.83. The third kappa shape index (κ3) is 1.33. The van der Waals surface area contributed by atoms with Crippen molar-refractivity contribution in [3.8, 4) is 0 Å². The topological polar surface area (TPSA) is 86.2 Å². The predicted octanol–water partition coefficient (Wildman–Crippen LogP) is 0.681. The number of hydrogen-bond acceptors (Lipinski definition) is 3.